The first-order chi connectivity index (χ1) is 9.35. The van der Waals surface area contributed by atoms with E-state index >= 15 is 0 Å². The zero-order valence-corrected chi connectivity index (χ0v) is 14.6. The lowest BCUT2D eigenvalue weighted by Gasteiger charge is -2.10. The summed E-state index contributed by atoms with van der Waals surface area (Å²) in [4.78, 5) is 0.934. The molecule has 1 heterocycles. The van der Waals surface area contributed by atoms with Gasteiger partial charge in [-0.05, 0) is 34.1 Å². The molecule has 0 aliphatic carbocycles. The number of benzene rings is 1. The standard InChI is InChI=1S/C11H9BrCl2N2O2S2/c12-8-1-2-9(11(14)10(8)13)16-20(17,18)7-3-6(4-15)19-5-7/h1-3,5,16H,4,15H2. The molecular formula is C11H9BrCl2N2O2S2. The predicted molar refractivity (Wildman–Crippen MR) is 87.2 cm³/mol. The molecule has 0 radical (unpaired) electrons. The van der Waals surface area contributed by atoms with E-state index in [0.717, 1.165) is 4.88 Å². The van der Waals surface area contributed by atoms with Crippen LogP contribution in [0.1, 0.15) is 4.88 Å². The normalized spacial score (nSPS) is 11.6. The largest absolute Gasteiger partial charge is 0.326 e. The van der Waals surface area contributed by atoms with Crippen LogP contribution in [-0.4, -0.2) is 8.42 Å². The van der Waals surface area contributed by atoms with Crippen molar-refractivity contribution in [2.75, 3.05) is 4.72 Å². The van der Waals surface area contributed by atoms with E-state index in [0.29, 0.717) is 11.0 Å². The van der Waals surface area contributed by atoms with Crippen LogP contribution >= 0.6 is 50.5 Å². The Morgan fingerprint density at radius 3 is 2.60 bits per heavy atom. The van der Waals surface area contributed by atoms with Crippen molar-refractivity contribution in [1.82, 2.24) is 0 Å². The molecule has 0 saturated carbocycles. The molecule has 0 atom stereocenters. The number of nitrogens with two attached hydrogens (primary N) is 1. The summed E-state index contributed by atoms with van der Waals surface area (Å²) >= 11 is 16.5. The lowest BCUT2D eigenvalue weighted by molar-refractivity contribution is 0.601. The Labute approximate surface area is 139 Å². The van der Waals surface area contributed by atoms with Crippen molar-refractivity contribution >= 4 is 66.2 Å². The Balaban J connectivity index is 2.36. The van der Waals surface area contributed by atoms with Crippen molar-refractivity contribution in [3.05, 3.63) is 43.0 Å². The molecule has 3 N–H and O–H groups in total. The van der Waals surface area contributed by atoms with Gasteiger partial charge in [0.1, 0.15) is 0 Å². The highest BCUT2D eigenvalue weighted by Crippen LogP contribution is 2.36. The van der Waals surface area contributed by atoms with E-state index in [1.165, 1.54) is 28.8 Å². The van der Waals surface area contributed by atoms with Gasteiger partial charge in [0.25, 0.3) is 10.0 Å². The summed E-state index contributed by atoms with van der Waals surface area (Å²) in [5.74, 6) is 0. The van der Waals surface area contributed by atoms with E-state index in [2.05, 4.69) is 20.7 Å². The summed E-state index contributed by atoms with van der Waals surface area (Å²) in [6.07, 6.45) is 0. The van der Waals surface area contributed by atoms with Crippen LogP contribution in [0.2, 0.25) is 10.0 Å². The average molecular weight is 416 g/mol. The average Bonchev–Trinajstić information content (AvgIpc) is 2.89. The van der Waals surface area contributed by atoms with E-state index in [9.17, 15) is 8.42 Å². The summed E-state index contributed by atoms with van der Waals surface area (Å²) in [6, 6.07) is 4.68. The van der Waals surface area contributed by atoms with E-state index in [1.807, 2.05) is 0 Å². The number of hydrogen-bond donors (Lipinski definition) is 2. The highest BCUT2D eigenvalue weighted by Gasteiger charge is 2.19. The van der Waals surface area contributed by atoms with Crippen LogP contribution < -0.4 is 10.5 Å². The van der Waals surface area contributed by atoms with Crippen LogP contribution in [0.15, 0.2) is 32.9 Å². The number of hydrogen-bond acceptors (Lipinski definition) is 4. The van der Waals surface area contributed by atoms with Crippen LogP contribution in [0.4, 0.5) is 5.69 Å². The molecule has 0 saturated heterocycles. The number of sulfonamides is 1. The Morgan fingerprint density at radius 2 is 2.00 bits per heavy atom. The molecule has 2 rings (SSSR count). The monoisotopic (exact) mass is 414 g/mol. The summed E-state index contributed by atoms with van der Waals surface area (Å²) in [6.45, 7) is 0.297. The minimum absolute atomic E-state index is 0.138. The Kier molecular flexibility index (Phi) is 4.99. The number of halogens is 3. The van der Waals surface area contributed by atoms with Crippen molar-refractivity contribution in [3.8, 4) is 0 Å². The van der Waals surface area contributed by atoms with Crippen molar-refractivity contribution < 1.29 is 8.42 Å². The van der Waals surface area contributed by atoms with Gasteiger partial charge in [-0.25, -0.2) is 8.42 Å². The van der Waals surface area contributed by atoms with Gasteiger partial charge >= 0.3 is 0 Å². The molecule has 0 aliphatic rings. The molecule has 0 spiro atoms. The fourth-order valence-corrected chi connectivity index (χ4v) is 4.52. The van der Waals surface area contributed by atoms with Crippen LogP contribution in [0, 0.1) is 0 Å². The minimum atomic E-state index is -3.71. The lowest BCUT2D eigenvalue weighted by Crippen LogP contribution is -2.12. The molecule has 0 aliphatic heterocycles. The van der Waals surface area contributed by atoms with Crippen LogP contribution in [0.5, 0.6) is 0 Å². The fraction of sp³-hybridized carbons (Fsp3) is 0.0909. The van der Waals surface area contributed by atoms with Crippen molar-refractivity contribution in [2.24, 2.45) is 5.73 Å². The van der Waals surface area contributed by atoms with Crippen LogP contribution in [0.25, 0.3) is 0 Å². The second kappa shape index (κ2) is 6.21. The Bertz CT molecular complexity index is 747. The molecule has 0 unspecified atom stereocenters. The third kappa shape index (κ3) is 3.29. The molecule has 0 amide bonds. The molecule has 4 nitrogen and oxygen atoms in total. The summed E-state index contributed by atoms with van der Waals surface area (Å²) in [5, 5.41) is 1.91. The second-order valence-electron chi connectivity index (χ2n) is 3.78. The van der Waals surface area contributed by atoms with Crippen molar-refractivity contribution in [1.29, 1.82) is 0 Å². The molecule has 108 valence electrons. The number of rotatable bonds is 4. The van der Waals surface area contributed by atoms with Gasteiger partial charge in [-0.3, -0.25) is 4.72 Å². The number of anilines is 1. The van der Waals surface area contributed by atoms with Crippen LogP contribution in [0.3, 0.4) is 0 Å². The maximum absolute atomic E-state index is 12.2. The smallest absolute Gasteiger partial charge is 0.262 e. The molecule has 9 heteroatoms. The summed E-state index contributed by atoms with van der Waals surface area (Å²) < 4.78 is 27.4. The highest BCUT2D eigenvalue weighted by molar-refractivity contribution is 9.10. The van der Waals surface area contributed by atoms with Gasteiger partial charge in [0.15, 0.2) is 0 Å². The molecule has 1 aromatic carbocycles. The first-order valence-electron chi connectivity index (χ1n) is 5.29. The van der Waals surface area contributed by atoms with Gasteiger partial charge in [-0.1, -0.05) is 23.2 Å². The fourth-order valence-electron chi connectivity index (χ4n) is 1.42. The predicted octanol–water partition coefficient (Wildman–Crippen LogP) is 4.08. The van der Waals surface area contributed by atoms with Gasteiger partial charge < -0.3 is 5.73 Å². The first kappa shape index (κ1) is 16.1. The SMILES string of the molecule is NCc1cc(S(=O)(=O)Nc2ccc(Br)c(Cl)c2Cl)cs1. The van der Waals surface area contributed by atoms with E-state index in [4.69, 9.17) is 28.9 Å². The maximum Gasteiger partial charge on any atom is 0.262 e. The minimum Gasteiger partial charge on any atom is -0.326 e. The molecule has 1 aromatic heterocycles. The number of thiophene rings is 1. The van der Waals surface area contributed by atoms with Crippen LogP contribution in [-0.2, 0) is 16.6 Å². The highest BCUT2D eigenvalue weighted by atomic mass is 79.9. The zero-order chi connectivity index (χ0) is 14.9. The van der Waals surface area contributed by atoms with Gasteiger partial charge in [-0.2, -0.15) is 0 Å². The van der Waals surface area contributed by atoms with Gasteiger partial charge in [0, 0.05) is 21.3 Å². The van der Waals surface area contributed by atoms with Crippen molar-refractivity contribution in [2.45, 2.75) is 11.4 Å². The Morgan fingerprint density at radius 1 is 1.30 bits per heavy atom. The lowest BCUT2D eigenvalue weighted by atomic mass is 10.3. The quantitative estimate of drug-likeness (QED) is 0.739. The first-order valence-corrected chi connectivity index (χ1v) is 9.20. The van der Waals surface area contributed by atoms with Gasteiger partial charge in [0.05, 0.1) is 20.6 Å². The maximum atomic E-state index is 12.2. The van der Waals surface area contributed by atoms with Gasteiger partial charge in [0.2, 0.25) is 0 Å². The second-order valence-corrected chi connectivity index (χ2v) is 8.07. The number of nitrogens with one attached hydrogen (secondary N) is 1. The zero-order valence-electron chi connectivity index (χ0n) is 9.86. The van der Waals surface area contributed by atoms with Gasteiger partial charge in [-0.15, -0.1) is 11.3 Å². The molecule has 0 bridgehead atoms. The topological polar surface area (TPSA) is 72.2 Å². The van der Waals surface area contributed by atoms with Crippen molar-refractivity contribution in [3.63, 3.8) is 0 Å². The third-order valence-electron chi connectivity index (χ3n) is 2.42. The molecule has 20 heavy (non-hydrogen) atoms. The molecule has 2 aromatic rings. The third-order valence-corrected chi connectivity index (χ3v) is 6.64. The molecular weight excluding hydrogens is 407 g/mol. The summed E-state index contributed by atoms with van der Waals surface area (Å²) in [7, 11) is -3.71. The molecule has 0 fully saturated rings. The van der Waals surface area contributed by atoms with E-state index in [-0.39, 0.29) is 20.6 Å². The van der Waals surface area contributed by atoms with E-state index in [1.54, 1.807) is 6.07 Å². The summed E-state index contributed by atoms with van der Waals surface area (Å²) in [5.41, 5.74) is 5.69. The van der Waals surface area contributed by atoms with E-state index < -0.39 is 10.0 Å². The Hall–Kier alpha value is -0.310.